The maximum absolute atomic E-state index is 14.2. The first-order valence-electron chi connectivity index (χ1n) is 12.4. The summed E-state index contributed by atoms with van der Waals surface area (Å²) >= 11 is 6.20. The predicted octanol–water partition coefficient (Wildman–Crippen LogP) is 4.13. The molecule has 1 saturated carbocycles. The Kier molecular flexibility index (Phi) is 6.24. The minimum absolute atomic E-state index is 0.0743. The Hall–Kier alpha value is -3.67. The molecular formula is C27H24ClFN6O3S. The maximum Gasteiger partial charge on any atom is 0.260 e. The Morgan fingerprint density at radius 1 is 1.21 bits per heavy atom. The highest BCUT2D eigenvalue weighted by molar-refractivity contribution is 7.89. The van der Waals surface area contributed by atoms with Crippen molar-refractivity contribution in [3.63, 3.8) is 0 Å². The predicted molar refractivity (Wildman–Crippen MR) is 142 cm³/mol. The molecule has 0 unspecified atom stereocenters. The minimum Gasteiger partial charge on any atom is -0.291 e. The van der Waals surface area contributed by atoms with Gasteiger partial charge in [-0.2, -0.15) is 10.2 Å². The average Bonchev–Trinajstić information content (AvgIpc) is 3.53. The lowest BCUT2D eigenvalue weighted by Crippen LogP contribution is -2.49. The topological polar surface area (TPSA) is 112 Å². The number of halogens is 2. The molecule has 0 radical (unpaired) electrons. The van der Waals surface area contributed by atoms with Crippen molar-refractivity contribution in [2.45, 2.75) is 36.8 Å². The number of nitrogens with one attached hydrogen (secondary N) is 1. The van der Waals surface area contributed by atoms with E-state index in [-0.39, 0.29) is 28.7 Å². The lowest BCUT2D eigenvalue weighted by molar-refractivity contribution is 0.0778. The van der Waals surface area contributed by atoms with Crippen LogP contribution in [0, 0.1) is 11.2 Å². The highest BCUT2D eigenvalue weighted by atomic mass is 35.5. The van der Waals surface area contributed by atoms with Crippen LogP contribution in [-0.4, -0.2) is 44.8 Å². The number of ketones is 1. The van der Waals surface area contributed by atoms with E-state index in [1.54, 1.807) is 42.3 Å². The van der Waals surface area contributed by atoms with E-state index in [1.807, 2.05) is 6.08 Å². The van der Waals surface area contributed by atoms with Crippen molar-refractivity contribution in [2.24, 2.45) is 12.5 Å². The number of nitrogens with zero attached hydrogens (tertiary/aromatic N) is 5. The van der Waals surface area contributed by atoms with Crippen molar-refractivity contribution in [2.75, 3.05) is 0 Å². The van der Waals surface area contributed by atoms with Crippen LogP contribution in [0.3, 0.4) is 0 Å². The summed E-state index contributed by atoms with van der Waals surface area (Å²) in [7, 11) is -2.25. The van der Waals surface area contributed by atoms with Crippen molar-refractivity contribution in [1.29, 1.82) is 0 Å². The van der Waals surface area contributed by atoms with E-state index in [2.05, 4.69) is 19.9 Å². The number of hydrogen-bond donors (Lipinski definition) is 1. The smallest absolute Gasteiger partial charge is 0.260 e. The molecule has 0 saturated heterocycles. The number of benzene rings is 1. The third-order valence-corrected chi connectivity index (χ3v) is 9.05. The van der Waals surface area contributed by atoms with Gasteiger partial charge in [0.05, 0.1) is 23.0 Å². The number of aryl methyl sites for hydroxylation is 1. The Morgan fingerprint density at radius 3 is 2.72 bits per heavy atom. The van der Waals surface area contributed by atoms with E-state index in [4.69, 9.17) is 11.6 Å². The molecule has 0 bridgehead atoms. The fraction of sp³-hybridized carbons (Fsp3) is 0.259. The molecule has 12 heteroatoms. The maximum atomic E-state index is 14.2. The first kappa shape index (κ1) is 25.6. The summed E-state index contributed by atoms with van der Waals surface area (Å²) in [6, 6.07) is 10.1. The van der Waals surface area contributed by atoms with Gasteiger partial charge < -0.3 is 0 Å². The zero-order chi connectivity index (χ0) is 27.4. The number of carbonyl (C=O) groups excluding carboxylic acids is 1. The van der Waals surface area contributed by atoms with Gasteiger partial charge in [-0.15, -0.1) is 0 Å². The molecule has 2 aliphatic rings. The second-order valence-corrected chi connectivity index (χ2v) is 12.0. The molecule has 1 N–H and O–H groups in total. The van der Waals surface area contributed by atoms with Crippen LogP contribution < -0.4 is 4.72 Å². The number of rotatable bonds is 6. The van der Waals surface area contributed by atoms with Gasteiger partial charge >= 0.3 is 0 Å². The van der Waals surface area contributed by atoms with E-state index in [0.29, 0.717) is 30.0 Å². The quantitative estimate of drug-likeness (QED) is 0.351. The van der Waals surface area contributed by atoms with Crippen molar-refractivity contribution >= 4 is 33.5 Å². The van der Waals surface area contributed by atoms with E-state index < -0.39 is 21.5 Å². The molecule has 6 rings (SSSR count). The molecule has 1 aromatic carbocycles. The van der Waals surface area contributed by atoms with Gasteiger partial charge in [0.25, 0.3) is 10.0 Å². The van der Waals surface area contributed by atoms with E-state index in [0.717, 1.165) is 16.8 Å². The van der Waals surface area contributed by atoms with Gasteiger partial charge in [0, 0.05) is 30.5 Å². The van der Waals surface area contributed by atoms with E-state index in [9.17, 15) is 17.6 Å². The van der Waals surface area contributed by atoms with Crippen molar-refractivity contribution in [3.05, 3.63) is 94.4 Å². The van der Waals surface area contributed by atoms with Gasteiger partial charge in [-0.1, -0.05) is 17.2 Å². The van der Waals surface area contributed by atoms with Gasteiger partial charge in [-0.25, -0.2) is 22.2 Å². The number of Topliss-reactive ketones (excluding diaryl/α,β-unsaturated/α-hetero) is 1. The largest absolute Gasteiger partial charge is 0.291 e. The van der Waals surface area contributed by atoms with Crippen LogP contribution in [0.25, 0.3) is 11.8 Å². The summed E-state index contributed by atoms with van der Waals surface area (Å²) in [5, 5.41) is 8.88. The second-order valence-electron chi connectivity index (χ2n) is 9.95. The normalized spacial score (nSPS) is 20.7. The van der Waals surface area contributed by atoms with Gasteiger partial charge in [0.2, 0.25) is 0 Å². The third kappa shape index (κ3) is 4.60. The number of fused-ring (bicyclic) bond motifs is 2. The minimum atomic E-state index is -3.89. The fourth-order valence-corrected chi connectivity index (χ4v) is 6.99. The number of aromatic nitrogens is 5. The molecule has 3 heterocycles. The van der Waals surface area contributed by atoms with Gasteiger partial charge in [-0.05, 0) is 79.8 Å². The summed E-state index contributed by atoms with van der Waals surface area (Å²) in [4.78, 5) is 18.5. The summed E-state index contributed by atoms with van der Waals surface area (Å²) < 4.78 is 45.6. The number of hydrogen-bond acceptors (Lipinski definition) is 6. The molecule has 9 nitrogen and oxygen atoms in total. The summed E-state index contributed by atoms with van der Waals surface area (Å²) in [6.45, 7) is 0. The molecular weight excluding hydrogens is 543 g/mol. The molecule has 1 fully saturated rings. The third-order valence-electron chi connectivity index (χ3n) is 7.41. The van der Waals surface area contributed by atoms with E-state index in [1.165, 1.54) is 35.1 Å². The zero-order valence-corrected chi connectivity index (χ0v) is 22.5. The SMILES string of the molecule is Cn1ccc(S(=O)(=O)N[C@H]2CCC3=Cc4c(cnn4-c4ccc(F)cc4)C[C@]3(C(=O)c3cc(Cl)ccn3)C2)n1. The molecule has 0 aliphatic heterocycles. The lowest BCUT2D eigenvalue weighted by atomic mass is 9.60. The lowest BCUT2D eigenvalue weighted by Gasteiger charge is -2.43. The summed E-state index contributed by atoms with van der Waals surface area (Å²) in [5.41, 5.74) is 2.38. The summed E-state index contributed by atoms with van der Waals surface area (Å²) in [5.74, 6) is -0.568. The van der Waals surface area contributed by atoms with Gasteiger partial charge in [-0.3, -0.25) is 14.5 Å². The number of pyridine rings is 1. The number of sulfonamides is 1. The fourth-order valence-electron chi connectivity index (χ4n) is 5.59. The standard InChI is InChI=1S/C27H24ClFN6O3S/c1-34-11-9-25(32-34)39(37,38)33-21-5-2-18-12-24-17(16-31-35(24)22-6-3-20(29)4-7-22)14-27(18,15-21)26(36)23-13-19(28)8-10-30-23/h3-4,6-13,16,21,33H,2,5,14-15H2,1H3/t21-,27-/m0/s1. The van der Waals surface area contributed by atoms with Gasteiger partial charge in [0.1, 0.15) is 11.5 Å². The Bertz CT molecular complexity index is 1730. The molecule has 3 aromatic heterocycles. The first-order valence-corrected chi connectivity index (χ1v) is 14.2. The molecule has 0 amide bonds. The van der Waals surface area contributed by atoms with Crippen LogP contribution in [0.1, 0.15) is 41.0 Å². The van der Waals surface area contributed by atoms with Crippen molar-refractivity contribution in [1.82, 2.24) is 29.3 Å². The molecule has 2 atom stereocenters. The van der Waals surface area contributed by atoms with Gasteiger partial charge in [0.15, 0.2) is 10.8 Å². The number of allylic oxidation sites excluding steroid dienone is 1. The summed E-state index contributed by atoms with van der Waals surface area (Å²) in [6.07, 6.45) is 8.23. The monoisotopic (exact) mass is 566 g/mol. The van der Waals surface area contributed by atoms with Crippen LogP contribution in [-0.2, 0) is 23.5 Å². The van der Waals surface area contributed by atoms with Crippen LogP contribution >= 0.6 is 11.6 Å². The van der Waals surface area contributed by atoms with Crippen LogP contribution in [0.15, 0.2) is 71.7 Å². The average molecular weight is 567 g/mol. The molecule has 0 spiro atoms. The van der Waals surface area contributed by atoms with Crippen LogP contribution in [0.5, 0.6) is 0 Å². The van der Waals surface area contributed by atoms with Crippen LogP contribution in [0.2, 0.25) is 5.02 Å². The van der Waals surface area contributed by atoms with Crippen molar-refractivity contribution < 1.29 is 17.6 Å². The Morgan fingerprint density at radius 2 is 2.00 bits per heavy atom. The van der Waals surface area contributed by atoms with Crippen molar-refractivity contribution in [3.8, 4) is 5.69 Å². The molecule has 2 aliphatic carbocycles. The first-order chi connectivity index (χ1) is 18.6. The Labute approximate surface area is 229 Å². The molecule has 200 valence electrons. The number of carbonyl (C=O) groups is 1. The highest BCUT2D eigenvalue weighted by Crippen LogP contribution is 2.50. The van der Waals surface area contributed by atoms with E-state index >= 15 is 0 Å². The second kappa shape index (κ2) is 9.51. The van der Waals surface area contributed by atoms with Crippen LogP contribution in [0.4, 0.5) is 4.39 Å². The Balaban J connectivity index is 1.40. The zero-order valence-electron chi connectivity index (χ0n) is 20.9. The molecule has 4 aromatic rings. The highest BCUT2D eigenvalue weighted by Gasteiger charge is 2.50. The molecule has 39 heavy (non-hydrogen) atoms.